The standard InChI is InChI=1S/C11H15N3O3S2/c12-5-1-2-9-8-13-11(18-9)14-19(15,16)10-3-6-17-7-4-10/h8,10H,3-7,12H2,(H,13,14). The third-order valence-corrected chi connectivity index (χ3v) is 5.44. The molecule has 0 saturated carbocycles. The fourth-order valence-electron chi connectivity index (χ4n) is 1.71. The van der Waals surface area contributed by atoms with Crippen LogP contribution in [0.2, 0.25) is 0 Å². The number of sulfonamides is 1. The lowest BCUT2D eigenvalue weighted by Crippen LogP contribution is -2.33. The van der Waals surface area contributed by atoms with Gasteiger partial charge >= 0.3 is 0 Å². The Morgan fingerprint density at radius 2 is 2.26 bits per heavy atom. The van der Waals surface area contributed by atoms with Crippen molar-refractivity contribution in [2.45, 2.75) is 18.1 Å². The lowest BCUT2D eigenvalue weighted by molar-refractivity contribution is 0.0984. The first-order chi connectivity index (χ1) is 9.12. The summed E-state index contributed by atoms with van der Waals surface area (Å²) >= 11 is 1.20. The molecule has 0 unspecified atom stereocenters. The van der Waals surface area contributed by atoms with Crippen LogP contribution in [0.1, 0.15) is 17.7 Å². The Kier molecular flexibility index (Phi) is 4.76. The lowest BCUT2D eigenvalue weighted by atomic mass is 10.2. The highest BCUT2D eigenvalue weighted by atomic mass is 32.2. The van der Waals surface area contributed by atoms with Gasteiger partial charge in [0.2, 0.25) is 10.0 Å². The van der Waals surface area contributed by atoms with Crippen LogP contribution in [0.25, 0.3) is 0 Å². The van der Waals surface area contributed by atoms with Gasteiger partial charge in [0, 0.05) is 13.2 Å². The molecule has 2 heterocycles. The predicted octanol–water partition coefficient (Wildman–Crippen LogP) is 0.374. The molecule has 0 spiro atoms. The molecule has 6 nitrogen and oxygen atoms in total. The Morgan fingerprint density at radius 3 is 2.95 bits per heavy atom. The summed E-state index contributed by atoms with van der Waals surface area (Å²) in [5.41, 5.74) is 5.27. The second kappa shape index (κ2) is 6.34. The number of nitrogens with one attached hydrogen (secondary N) is 1. The number of hydrogen-bond acceptors (Lipinski definition) is 6. The summed E-state index contributed by atoms with van der Waals surface area (Å²) in [6.45, 7) is 1.23. The molecule has 0 radical (unpaired) electrons. The van der Waals surface area contributed by atoms with E-state index >= 15 is 0 Å². The second-order valence-corrected chi connectivity index (χ2v) is 6.99. The Morgan fingerprint density at radius 1 is 1.53 bits per heavy atom. The molecular formula is C11H15N3O3S2. The highest BCUT2D eigenvalue weighted by Gasteiger charge is 2.28. The van der Waals surface area contributed by atoms with Crippen molar-refractivity contribution in [3.05, 3.63) is 11.1 Å². The number of nitrogens with two attached hydrogens (primary N) is 1. The number of rotatable bonds is 3. The van der Waals surface area contributed by atoms with Crippen molar-refractivity contribution in [3.8, 4) is 11.8 Å². The van der Waals surface area contributed by atoms with E-state index in [0.717, 1.165) is 0 Å². The average Bonchev–Trinajstić information content (AvgIpc) is 2.84. The molecule has 19 heavy (non-hydrogen) atoms. The van der Waals surface area contributed by atoms with Gasteiger partial charge in [0.25, 0.3) is 0 Å². The van der Waals surface area contributed by atoms with Gasteiger partial charge in [-0.1, -0.05) is 23.2 Å². The molecule has 104 valence electrons. The summed E-state index contributed by atoms with van der Waals surface area (Å²) in [7, 11) is -3.40. The summed E-state index contributed by atoms with van der Waals surface area (Å²) in [6, 6.07) is 0. The van der Waals surface area contributed by atoms with E-state index in [1.54, 1.807) is 0 Å². The molecule has 1 saturated heterocycles. The predicted molar refractivity (Wildman–Crippen MR) is 74.4 cm³/mol. The van der Waals surface area contributed by atoms with Gasteiger partial charge in [-0.25, -0.2) is 13.4 Å². The van der Waals surface area contributed by atoms with E-state index in [1.807, 2.05) is 0 Å². The smallest absolute Gasteiger partial charge is 0.237 e. The molecule has 1 aromatic rings. The Labute approximate surface area is 116 Å². The quantitative estimate of drug-likeness (QED) is 0.787. The van der Waals surface area contributed by atoms with Crippen molar-refractivity contribution in [2.75, 3.05) is 24.5 Å². The van der Waals surface area contributed by atoms with Crippen LogP contribution >= 0.6 is 11.3 Å². The van der Waals surface area contributed by atoms with Gasteiger partial charge in [-0.05, 0) is 12.8 Å². The van der Waals surface area contributed by atoms with E-state index in [2.05, 4.69) is 21.5 Å². The monoisotopic (exact) mass is 301 g/mol. The first-order valence-corrected chi connectivity index (χ1v) is 8.22. The van der Waals surface area contributed by atoms with E-state index in [4.69, 9.17) is 10.5 Å². The lowest BCUT2D eigenvalue weighted by Gasteiger charge is -2.21. The largest absolute Gasteiger partial charge is 0.381 e. The van der Waals surface area contributed by atoms with Crippen molar-refractivity contribution in [1.82, 2.24) is 4.98 Å². The Balaban J connectivity index is 2.05. The van der Waals surface area contributed by atoms with Crippen LogP contribution in [-0.4, -0.2) is 38.4 Å². The molecular weight excluding hydrogens is 286 g/mol. The zero-order valence-electron chi connectivity index (χ0n) is 10.3. The Bertz CT molecular complexity index is 580. The van der Waals surface area contributed by atoms with Crippen molar-refractivity contribution in [3.63, 3.8) is 0 Å². The summed E-state index contributed by atoms with van der Waals surface area (Å²) < 4.78 is 31.9. The number of thiazole rings is 1. The van der Waals surface area contributed by atoms with Crippen LogP contribution in [0.4, 0.5) is 5.13 Å². The van der Waals surface area contributed by atoms with Gasteiger partial charge in [0.1, 0.15) is 0 Å². The number of hydrogen-bond donors (Lipinski definition) is 2. The minimum Gasteiger partial charge on any atom is -0.381 e. The molecule has 8 heteroatoms. The first kappa shape index (κ1) is 14.3. The molecule has 0 bridgehead atoms. The van der Waals surface area contributed by atoms with E-state index < -0.39 is 15.3 Å². The SMILES string of the molecule is NCC#Cc1cnc(NS(=O)(=O)C2CCOCC2)s1. The summed E-state index contributed by atoms with van der Waals surface area (Å²) in [6.07, 6.45) is 2.57. The summed E-state index contributed by atoms with van der Waals surface area (Å²) in [5.74, 6) is 5.51. The number of aromatic nitrogens is 1. The average molecular weight is 301 g/mol. The molecule has 3 N–H and O–H groups in total. The van der Waals surface area contributed by atoms with Crippen LogP contribution in [0.5, 0.6) is 0 Å². The molecule has 1 aliphatic heterocycles. The van der Waals surface area contributed by atoms with E-state index in [0.29, 0.717) is 36.1 Å². The fraction of sp³-hybridized carbons (Fsp3) is 0.545. The Hall–Kier alpha value is -1.14. The molecule has 0 atom stereocenters. The highest BCUT2D eigenvalue weighted by molar-refractivity contribution is 7.93. The molecule has 1 fully saturated rings. The topological polar surface area (TPSA) is 94.3 Å². The zero-order valence-corrected chi connectivity index (χ0v) is 11.9. The molecule has 0 amide bonds. The second-order valence-electron chi connectivity index (χ2n) is 3.99. The van der Waals surface area contributed by atoms with Crippen molar-refractivity contribution < 1.29 is 13.2 Å². The summed E-state index contributed by atoms with van der Waals surface area (Å²) in [4.78, 5) is 4.69. The number of ether oxygens (including phenoxy) is 1. The molecule has 0 aliphatic carbocycles. The van der Waals surface area contributed by atoms with Crippen LogP contribution in [-0.2, 0) is 14.8 Å². The highest BCUT2D eigenvalue weighted by Crippen LogP contribution is 2.22. The van der Waals surface area contributed by atoms with Gasteiger partial charge in [-0.15, -0.1) is 0 Å². The normalized spacial score (nSPS) is 16.7. The molecule has 1 aliphatic rings. The van der Waals surface area contributed by atoms with Gasteiger partial charge in [0.15, 0.2) is 5.13 Å². The van der Waals surface area contributed by atoms with Crippen molar-refractivity contribution >= 4 is 26.5 Å². The van der Waals surface area contributed by atoms with E-state index in [1.165, 1.54) is 17.5 Å². The fourth-order valence-corrected chi connectivity index (χ4v) is 4.04. The zero-order chi connectivity index (χ0) is 13.7. The van der Waals surface area contributed by atoms with Crippen molar-refractivity contribution in [1.29, 1.82) is 0 Å². The van der Waals surface area contributed by atoms with E-state index in [-0.39, 0.29) is 6.54 Å². The van der Waals surface area contributed by atoms with Gasteiger partial charge in [0.05, 0.1) is 22.9 Å². The van der Waals surface area contributed by atoms with Crippen LogP contribution in [0, 0.1) is 11.8 Å². The minimum atomic E-state index is -3.40. The molecule has 0 aromatic carbocycles. The number of nitrogens with zero attached hydrogens (tertiary/aromatic N) is 1. The maximum Gasteiger partial charge on any atom is 0.237 e. The maximum absolute atomic E-state index is 12.1. The van der Waals surface area contributed by atoms with Gasteiger partial charge in [-0.2, -0.15) is 0 Å². The van der Waals surface area contributed by atoms with Crippen molar-refractivity contribution in [2.24, 2.45) is 5.73 Å². The number of anilines is 1. The molecule has 1 aromatic heterocycles. The van der Waals surface area contributed by atoms with Gasteiger partial charge < -0.3 is 10.5 Å². The summed E-state index contributed by atoms with van der Waals surface area (Å²) in [5, 5.41) is -0.0726. The maximum atomic E-state index is 12.1. The van der Waals surface area contributed by atoms with Crippen LogP contribution in [0.15, 0.2) is 6.20 Å². The van der Waals surface area contributed by atoms with Crippen LogP contribution in [0.3, 0.4) is 0 Å². The van der Waals surface area contributed by atoms with Crippen LogP contribution < -0.4 is 10.5 Å². The van der Waals surface area contributed by atoms with E-state index in [9.17, 15) is 8.42 Å². The third kappa shape index (κ3) is 3.91. The first-order valence-electron chi connectivity index (χ1n) is 5.86. The minimum absolute atomic E-state index is 0.265. The third-order valence-electron chi connectivity index (χ3n) is 2.66. The van der Waals surface area contributed by atoms with Gasteiger partial charge in [-0.3, -0.25) is 4.72 Å². The molecule has 2 rings (SSSR count).